The van der Waals surface area contributed by atoms with Crippen LogP contribution >= 0.6 is 7.82 Å². The normalized spacial score (nSPS) is 8.43. The molecule has 0 aliphatic rings. The standard InChI is InChI=1S/FH.Mg.H3O4P/c;;1-5(2,3)4/h1H;;(H3,1,2,3,4)/q;+2;/p-2. The van der Waals surface area contributed by atoms with Crippen molar-refractivity contribution in [2.45, 2.75) is 0 Å². The van der Waals surface area contributed by atoms with Crippen LogP contribution < -0.4 is 9.60 Å². The van der Waals surface area contributed by atoms with Gasteiger partial charge in [0.1, 0.15) is 0 Å². The largest absolute Gasteiger partial charge is 2.00 e. The van der Waals surface area contributed by atoms with Crippen LogP contribution in [0.3, 0.4) is 0 Å². The fourth-order valence-corrected chi connectivity index (χ4v) is 0. The van der Waals surface area contributed by atoms with Crippen LogP contribution in [0.25, 0.3) is 0 Å². The zero-order valence-corrected chi connectivity index (χ0v) is 5.55. The van der Waals surface area contributed by atoms with Crippen molar-refractivity contribution in [3.8, 4) is 0 Å². The summed E-state index contributed by atoms with van der Waals surface area (Å²) >= 11 is 0. The number of rotatable bonds is 0. The van der Waals surface area contributed by atoms with E-state index in [1.165, 1.54) is 0 Å². The Morgan fingerprint density at radius 2 is 1.43 bits per heavy atom. The maximum Gasteiger partial charge on any atom is 2.00 e. The van der Waals surface area contributed by atoms with Crippen molar-refractivity contribution in [2.75, 3.05) is 0 Å². The first-order valence-corrected chi connectivity index (χ1v) is 2.30. The van der Waals surface area contributed by atoms with Crippen LogP contribution in [0.2, 0.25) is 0 Å². The molecule has 0 heterocycles. The quantitative estimate of drug-likeness (QED) is 0.261. The minimum Gasteiger partial charge on any atom is -1.00 e. The molecule has 7 heteroatoms. The van der Waals surface area contributed by atoms with E-state index in [9.17, 15) is 0 Å². The Labute approximate surface area is 55.3 Å². The molecule has 0 atom stereocenters. The summed E-state index contributed by atoms with van der Waals surface area (Å²) in [5.74, 6) is 0. The van der Waals surface area contributed by atoms with Crippen molar-refractivity contribution in [1.82, 2.24) is 0 Å². The molecule has 0 saturated heterocycles. The average molecular weight is 140 g/mol. The van der Waals surface area contributed by atoms with Crippen molar-refractivity contribution in [2.24, 2.45) is 0 Å². The molecule has 0 aromatic carbocycles. The van der Waals surface area contributed by atoms with Gasteiger partial charge >= 0.3 is 23.1 Å². The Kier molecular flexibility index (Phi) is 11.1. The number of phosphoric acid groups is 1. The molecule has 0 unspecified atom stereocenters. The van der Waals surface area contributed by atoms with Gasteiger partial charge in [0.2, 0.25) is 0 Å². The third-order valence-corrected chi connectivity index (χ3v) is 0. The van der Waals surface area contributed by atoms with E-state index in [0.29, 0.717) is 0 Å². The van der Waals surface area contributed by atoms with Crippen molar-refractivity contribution in [3.63, 3.8) is 0 Å². The molecule has 0 spiro atoms. The molecule has 0 aliphatic carbocycles. The Morgan fingerprint density at radius 1 is 1.43 bits per heavy atom. The molecule has 2 N–H and O–H groups in total. The summed E-state index contributed by atoms with van der Waals surface area (Å²) in [4.78, 5) is 22.9. The molecule has 7 heavy (non-hydrogen) atoms. The fourth-order valence-electron chi connectivity index (χ4n) is 0. The van der Waals surface area contributed by atoms with Crippen LogP contribution in [-0.4, -0.2) is 32.8 Å². The first kappa shape index (κ1) is 15.7. The van der Waals surface area contributed by atoms with Gasteiger partial charge in [-0.15, -0.1) is 0 Å². The molecular weight excluding hydrogens is 138 g/mol. The molecule has 0 fully saturated rings. The summed E-state index contributed by atoms with van der Waals surface area (Å²) in [7, 11) is -4.89. The third-order valence-electron chi connectivity index (χ3n) is 0. The van der Waals surface area contributed by atoms with Gasteiger partial charge in [-0.2, -0.15) is 0 Å². The van der Waals surface area contributed by atoms with Gasteiger partial charge in [-0.05, 0) is 0 Å². The Bertz CT molecular complexity index is 57.8. The molecule has 0 rings (SSSR count). The summed E-state index contributed by atoms with van der Waals surface area (Å²) < 4.78 is 8.77. The van der Waals surface area contributed by atoms with E-state index in [2.05, 4.69) is 0 Å². The predicted octanol–water partition coefficient (Wildman–Crippen LogP) is -4.94. The average Bonchev–Trinajstić information content (AvgIpc) is 0.722. The van der Waals surface area contributed by atoms with Crippen LogP contribution in [0.1, 0.15) is 0 Å². The van der Waals surface area contributed by atoms with E-state index in [-0.39, 0.29) is 27.8 Å². The molecule has 40 valence electrons. The minimum absolute atomic E-state index is 0. The number of hydrogen-bond donors (Lipinski definition) is 2. The van der Waals surface area contributed by atoms with Gasteiger partial charge in [-0.3, -0.25) is 4.57 Å². The smallest absolute Gasteiger partial charge is 1.00 e. The Balaban J connectivity index is -0.0000000800. The van der Waals surface area contributed by atoms with E-state index >= 15 is 0 Å². The Morgan fingerprint density at radius 3 is 1.43 bits per heavy atom. The first-order chi connectivity index (χ1) is 2.00. The summed E-state index contributed by atoms with van der Waals surface area (Å²) in [6.07, 6.45) is 0. The second-order valence-corrected chi connectivity index (χ2v) is 1.47. The first-order valence-electron chi connectivity index (χ1n) is 0.765. The molecule has 0 aromatic heterocycles. The monoisotopic (exact) mass is 140 g/mol. The van der Waals surface area contributed by atoms with Crippen LogP contribution in [0, 0.1) is 0 Å². The van der Waals surface area contributed by atoms with Gasteiger partial charge in [0.15, 0.2) is 0 Å². The van der Waals surface area contributed by atoms with Crippen molar-refractivity contribution >= 4 is 30.9 Å². The molecule has 0 aliphatic heterocycles. The maximum absolute atomic E-state index is 8.77. The molecular formula is H2FMgO4P. The van der Waals surface area contributed by atoms with Gasteiger partial charge in [0.25, 0.3) is 7.82 Å². The van der Waals surface area contributed by atoms with Crippen LogP contribution in [0.15, 0.2) is 0 Å². The maximum atomic E-state index is 8.77. The van der Waals surface area contributed by atoms with Crippen molar-refractivity contribution in [1.29, 1.82) is 0 Å². The Hall–Kier alpha value is 0.806. The number of hydrogen-bond acceptors (Lipinski definition) is 2. The molecule has 4 nitrogen and oxygen atoms in total. The second-order valence-electron chi connectivity index (χ2n) is 0.491. The van der Waals surface area contributed by atoms with Gasteiger partial charge < -0.3 is 19.4 Å². The van der Waals surface area contributed by atoms with Gasteiger partial charge in [0, 0.05) is 0 Å². The van der Waals surface area contributed by atoms with Crippen molar-refractivity contribution < 1.29 is 23.9 Å². The van der Waals surface area contributed by atoms with Crippen LogP contribution in [0.4, 0.5) is 0 Å². The molecule has 0 amide bonds. The van der Waals surface area contributed by atoms with Crippen LogP contribution in [0.5, 0.6) is 0 Å². The summed E-state index contributed by atoms with van der Waals surface area (Å²) in [6, 6.07) is 0. The topological polar surface area (TPSA) is 80.6 Å². The zero-order valence-electron chi connectivity index (χ0n) is 3.24. The summed E-state index contributed by atoms with van der Waals surface area (Å²) in [6.45, 7) is 0. The summed E-state index contributed by atoms with van der Waals surface area (Å²) in [5, 5.41) is 0. The summed E-state index contributed by atoms with van der Waals surface area (Å²) in [5.41, 5.74) is 0. The second kappa shape index (κ2) is 4.95. The SMILES string of the molecule is O=P([O-])(O)O.[F-].[Mg+2]. The molecule has 0 aromatic rings. The molecule has 0 saturated carbocycles. The van der Waals surface area contributed by atoms with Crippen LogP contribution in [-0.2, 0) is 4.57 Å². The third kappa shape index (κ3) is 242. The van der Waals surface area contributed by atoms with Crippen molar-refractivity contribution in [3.05, 3.63) is 0 Å². The van der Waals surface area contributed by atoms with E-state index in [0.717, 1.165) is 0 Å². The predicted molar refractivity (Wildman–Crippen MR) is 17.8 cm³/mol. The number of halogens is 1. The van der Waals surface area contributed by atoms with Gasteiger partial charge in [-0.1, -0.05) is 0 Å². The van der Waals surface area contributed by atoms with Gasteiger partial charge in [-0.25, -0.2) is 0 Å². The van der Waals surface area contributed by atoms with E-state index < -0.39 is 7.82 Å². The van der Waals surface area contributed by atoms with Gasteiger partial charge in [0.05, 0.1) is 0 Å². The molecule has 0 bridgehead atoms. The van der Waals surface area contributed by atoms with E-state index in [1.807, 2.05) is 0 Å². The fraction of sp³-hybridized carbons (Fsp3) is 0. The van der Waals surface area contributed by atoms with E-state index in [4.69, 9.17) is 19.2 Å². The van der Waals surface area contributed by atoms with E-state index in [1.54, 1.807) is 0 Å². The molecule has 0 radical (unpaired) electrons. The minimum atomic E-state index is -4.89. The zero-order chi connectivity index (χ0) is 4.50.